The first-order chi connectivity index (χ1) is 7.51. The van der Waals surface area contributed by atoms with Crippen LogP contribution in [-0.2, 0) is 0 Å². The van der Waals surface area contributed by atoms with Crippen LogP contribution in [-0.4, -0.2) is 19.2 Å². The minimum atomic E-state index is -0.621. The molecule has 0 amide bonds. The monoisotopic (exact) mass is 229 g/mol. The lowest BCUT2D eigenvalue weighted by Crippen LogP contribution is -2.28. The molecular weight excluding hydrogens is 212 g/mol. The summed E-state index contributed by atoms with van der Waals surface area (Å²) >= 11 is 0. The molecule has 2 unspecified atom stereocenters. The molecule has 0 bridgehead atoms. The molecule has 90 valence electrons. The second-order valence-corrected chi connectivity index (χ2v) is 3.96. The topological polar surface area (TPSA) is 21.3 Å². The Morgan fingerprint density at radius 3 is 2.25 bits per heavy atom. The highest BCUT2D eigenvalue weighted by molar-refractivity contribution is 5.23. The molecule has 0 saturated carbocycles. The van der Waals surface area contributed by atoms with Crippen LogP contribution in [0.25, 0.3) is 0 Å². The van der Waals surface area contributed by atoms with Crippen LogP contribution < -0.4 is 10.1 Å². The average Bonchev–Trinajstić information content (AvgIpc) is 2.15. The lowest BCUT2D eigenvalue weighted by molar-refractivity contribution is 0.196. The Morgan fingerprint density at radius 2 is 1.75 bits per heavy atom. The van der Waals surface area contributed by atoms with E-state index < -0.39 is 11.6 Å². The summed E-state index contributed by atoms with van der Waals surface area (Å²) < 4.78 is 31.2. The van der Waals surface area contributed by atoms with Crippen LogP contribution in [0, 0.1) is 11.6 Å². The molecule has 2 atom stereocenters. The molecule has 0 aliphatic rings. The van der Waals surface area contributed by atoms with Gasteiger partial charge in [-0.2, -0.15) is 0 Å². The Hall–Kier alpha value is -1.16. The summed E-state index contributed by atoms with van der Waals surface area (Å²) in [5.41, 5.74) is 0. The van der Waals surface area contributed by atoms with Crippen LogP contribution in [0.15, 0.2) is 18.2 Å². The quantitative estimate of drug-likeness (QED) is 0.838. The van der Waals surface area contributed by atoms with Crippen molar-refractivity contribution >= 4 is 0 Å². The summed E-state index contributed by atoms with van der Waals surface area (Å²) in [6, 6.07) is 3.49. The van der Waals surface area contributed by atoms with Crippen molar-refractivity contribution in [1.29, 1.82) is 0 Å². The molecule has 1 aromatic carbocycles. The van der Waals surface area contributed by atoms with E-state index in [1.165, 1.54) is 12.1 Å². The van der Waals surface area contributed by atoms with Crippen molar-refractivity contribution < 1.29 is 13.5 Å². The molecule has 0 aromatic heterocycles. The number of halogens is 2. The van der Waals surface area contributed by atoms with E-state index in [1.807, 2.05) is 20.9 Å². The number of nitrogens with one attached hydrogen (secondary N) is 1. The largest absolute Gasteiger partial charge is 0.490 e. The van der Waals surface area contributed by atoms with Gasteiger partial charge >= 0.3 is 0 Å². The molecule has 1 N–H and O–H groups in total. The maximum atomic E-state index is 12.9. The second-order valence-electron chi connectivity index (χ2n) is 3.96. The molecule has 0 fully saturated rings. The SMILES string of the molecule is CNC(C)CC(C)Oc1cc(F)cc(F)c1. The van der Waals surface area contributed by atoms with Crippen LogP contribution in [0.1, 0.15) is 20.3 Å². The van der Waals surface area contributed by atoms with Crippen LogP contribution in [0.2, 0.25) is 0 Å². The van der Waals surface area contributed by atoms with E-state index in [2.05, 4.69) is 5.32 Å². The Kier molecular flexibility index (Phi) is 4.68. The minimum Gasteiger partial charge on any atom is -0.490 e. The second kappa shape index (κ2) is 5.80. The number of ether oxygens (including phenoxy) is 1. The van der Waals surface area contributed by atoms with E-state index in [0.29, 0.717) is 6.04 Å². The predicted molar refractivity (Wildman–Crippen MR) is 59.6 cm³/mol. The smallest absolute Gasteiger partial charge is 0.129 e. The van der Waals surface area contributed by atoms with Crippen molar-refractivity contribution in [1.82, 2.24) is 5.32 Å². The first-order valence-electron chi connectivity index (χ1n) is 5.31. The van der Waals surface area contributed by atoms with Gasteiger partial charge in [0.1, 0.15) is 17.4 Å². The molecule has 0 saturated heterocycles. The fourth-order valence-corrected chi connectivity index (χ4v) is 1.49. The number of rotatable bonds is 5. The Balaban J connectivity index is 2.58. The molecule has 0 heterocycles. The average molecular weight is 229 g/mol. The lowest BCUT2D eigenvalue weighted by Gasteiger charge is -2.18. The summed E-state index contributed by atoms with van der Waals surface area (Å²) in [6.45, 7) is 3.89. The first-order valence-corrected chi connectivity index (χ1v) is 5.31. The van der Waals surface area contributed by atoms with E-state index in [4.69, 9.17) is 4.74 Å². The lowest BCUT2D eigenvalue weighted by atomic mass is 10.1. The third-order valence-corrected chi connectivity index (χ3v) is 2.35. The summed E-state index contributed by atoms with van der Waals surface area (Å²) in [5.74, 6) is -1.01. The highest BCUT2D eigenvalue weighted by Crippen LogP contribution is 2.17. The molecule has 0 aliphatic heterocycles. The molecule has 16 heavy (non-hydrogen) atoms. The van der Waals surface area contributed by atoms with Gasteiger partial charge in [0, 0.05) is 24.2 Å². The Labute approximate surface area is 94.6 Å². The minimum absolute atomic E-state index is 0.0938. The normalized spacial score (nSPS) is 14.6. The summed E-state index contributed by atoms with van der Waals surface area (Å²) in [6.07, 6.45) is 0.679. The van der Waals surface area contributed by atoms with Crippen LogP contribution in [0.4, 0.5) is 8.78 Å². The summed E-state index contributed by atoms with van der Waals surface area (Å²) in [5, 5.41) is 3.08. The van der Waals surface area contributed by atoms with Crippen molar-refractivity contribution in [3.05, 3.63) is 29.8 Å². The van der Waals surface area contributed by atoms with Crippen molar-refractivity contribution in [3.63, 3.8) is 0 Å². The van der Waals surface area contributed by atoms with Gasteiger partial charge in [-0.05, 0) is 27.3 Å². The van der Waals surface area contributed by atoms with E-state index in [9.17, 15) is 8.78 Å². The standard InChI is InChI=1S/C12H17F2NO/c1-8(15-3)4-9(2)16-12-6-10(13)5-11(14)7-12/h5-9,15H,4H2,1-3H3. The van der Waals surface area contributed by atoms with Gasteiger partial charge in [-0.25, -0.2) is 8.78 Å². The maximum absolute atomic E-state index is 12.9. The van der Waals surface area contributed by atoms with Gasteiger partial charge in [0.15, 0.2) is 0 Å². The van der Waals surface area contributed by atoms with E-state index in [0.717, 1.165) is 12.5 Å². The highest BCUT2D eigenvalue weighted by Gasteiger charge is 2.10. The van der Waals surface area contributed by atoms with Crippen molar-refractivity contribution in [2.24, 2.45) is 0 Å². The maximum Gasteiger partial charge on any atom is 0.129 e. The molecule has 0 spiro atoms. The Bertz CT molecular complexity index is 324. The van der Waals surface area contributed by atoms with Gasteiger partial charge in [0.2, 0.25) is 0 Å². The zero-order valence-corrected chi connectivity index (χ0v) is 9.76. The van der Waals surface area contributed by atoms with Crippen LogP contribution in [0.5, 0.6) is 5.75 Å². The van der Waals surface area contributed by atoms with Crippen molar-refractivity contribution in [2.45, 2.75) is 32.4 Å². The number of benzene rings is 1. The zero-order chi connectivity index (χ0) is 12.1. The van der Waals surface area contributed by atoms with Crippen molar-refractivity contribution in [2.75, 3.05) is 7.05 Å². The van der Waals surface area contributed by atoms with Gasteiger partial charge in [-0.3, -0.25) is 0 Å². The molecule has 4 heteroatoms. The zero-order valence-electron chi connectivity index (χ0n) is 9.76. The van der Waals surface area contributed by atoms with Gasteiger partial charge in [0.25, 0.3) is 0 Å². The van der Waals surface area contributed by atoms with Crippen molar-refractivity contribution in [3.8, 4) is 5.75 Å². The van der Waals surface area contributed by atoms with E-state index in [-0.39, 0.29) is 11.9 Å². The predicted octanol–water partition coefficient (Wildman–Crippen LogP) is 2.73. The van der Waals surface area contributed by atoms with Gasteiger partial charge < -0.3 is 10.1 Å². The molecule has 0 radical (unpaired) electrons. The molecule has 1 aromatic rings. The fraction of sp³-hybridized carbons (Fsp3) is 0.500. The van der Waals surface area contributed by atoms with E-state index in [1.54, 1.807) is 0 Å². The molecule has 1 rings (SSSR count). The van der Waals surface area contributed by atoms with Crippen LogP contribution >= 0.6 is 0 Å². The molecule has 2 nitrogen and oxygen atoms in total. The third kappa shape index (κ3) is 4.14. The molecule has 0 aliphatic carbocycles. The summed E-state index contributed by atoms with van der Waals surface area (Å²) in [7, 11) is 1.86. The molecular formula is C12H17F2NO. The first kappa shape index (κ1) is 12.9. The number of hydrogen-bond donors (Lipinski definition) is 1. The Morgan fingerprint density at radius 1 is 1.19 bits per heavy atom. The van der Waals surface area contributed by atoms with E-state index >= 15 is 0 Å². The third-order valence-electron chi connectivity index (χ3n) is 2.35. The van der Waals surface area contributed by atoms with Gasteiger partial charge in [-0.1, -0.05) is 0 Å². The fourth-order valence-electron chi connectivity index (χ4n) is 1.49. The number of hydrogen-bond acceptors (Lipinski definition) is 2. The van der Waals surface area contributed by atoms with Crippen LogP contribution in [0.3, 0.4) is 0 Å². The summed E-state index contributed by atoms with van der Waals surface area (Å²) in [4.78, 5) is 0. The highest BCUT2D eigenvalue weighted by atomic mass is 19.1. The van der Waals surface area contributed by atoms with Gasteiger partial charge in [-0.15, -0.1) is 0 Å². The van der Waals surface area contributed by atoms with Gasteiger partial charge in [0.05, 0.1) is 6.10 Å².